The summed E-state index contributed by atoms with van der Waals surface area (Å²) < 4.78 is 60.6. The molecule has 1 amide bonds. The van der Waals surface area contributed by atoms with Crippen molar-refractivity contribution in [3.8, 4) is 23.7 Å². The summed E-state index contributed by atoms with van der Waals surface area (Å²) in [5, 5.41) is 13.7. The minimum atomic E-state index is -4.53. The second kappa shape index (κ2) is 12.5. The molecule has 14 heteroatoms. The van der Waals surface area contributed by atoms with Crippen LogP contribution in [-0.2, 0) is 0 Å². The summed E-state index contributed by atoms with van der Waals surface area (Å²) in [6, 6.07) is 5.90. The van der Waals surface area contributed by atoms with Crippen LogP contribution in [0.25, 0.3) is 0 Å². The number of methoxy groups -OCH3 is 1. The maximum atomic E-state index is 14.8. The Kier molecular flexibility index (Phi) is 9.12. The fraction of sp³-hybridized carbons (Fsp3) is 0.423. The summed E-state index contributed by atoms with van der Waals surface area (Å²) in [5.41, 5.74) is 1.91. The van der Waals surface area contributed by atoms with Gasteiger partial charge in [-0.1, -0.05) is 11.8 Å². The van der Waals surface area contributed by atoms with Crippen molar-refractivity contribution in [2.24, 2.45) is 16.6 Å². The number of likely N-dealkylation sites (tertiary alicyclic amines) is 1. The van der Waals surface area contributed by atoms with Gasteiger partial charge in [-0.25, -0.2) is 4.39 Å². The number of amidine groups is 1. The van der Waals surface area contributed by atoms with Gasteiger partial charge >= 0.3 is 5.51 Å². The van der Waals surface area contributed by atoms with E-state index in [1.807, 2.05) is 6.07 Å². The van der Waals surface area contributed by atoms with Crippen LogP contribution in [0, 0.1) is 29.1 Å². The highest BCUT2D eigenvalue weighted by molar-refractivity contribution is 8.00. The predicted octanol–water partition coefficient (Wildman–Crippen LogP) is 3.01. The monoisotopic (exact) mass is 577 g/mol. The number of anilines is 1. The number of alkyl halides is 4. The number of hydrogen-bond donors (Lipinski definition) is 3. The van der Waals surface area contributed by atoms with Crippen LogP contribution in [0.15, 0.2) is 47.4 Å². The van der Waals surface area contributed by atoms with Crippen LogP contribution in [0.2, 0.25) is 0 Å². The Hall–Kier alpha value is -3.88. The molecule has 0 aliphatic carbocycles. The standard InChI is InChI=1S/C26H27F4N7O2S/c1-39-22-5-4-16(23(32)38)13-20(22)33-8-2-3-17-14-21-24(34-9-12-37(21)25(17)40-26(28,29)30)35-19-6-10-36(11-7-31)15-18(19)27/h4-5,9,12-14,17-19,25,33H,6,8,10-11,15H2,1H3,(H2,32,38)(H,34,35)/t17?,18-,19+,25?/m0/s1. The Morgan fingerprint density at radius 2 is 2.20 bits per heavy atom. The van der Waals surface area contributed by atoms with Gasteiger partial charge in [0.15, 0.2) is 0 Å². The van der Waals surface area contributed by atoms with Gasteiger partial charge in [0, 0.05) is 31.1 Å². The fourth-order valence-corrected chi connectivity index (χ4v) is 5.45. The molecular formula is C26H27F4N7O2S. The van der Waals surface area contributed by atoms with Gasteiger partial charge in [-0.2, -0.15) is 18.4 Å². The maximum absolute atomic E-state index is 14.8. The number of fused-ring (bicyclic) bond motifs is 1. The van der Waals surface area contributed by atoms with Crippen molar-refractivity contribution < 1.29 is 27.1 Å². The summed E-state index contributed by atoms with van der Waals surface area (Å²) in [6.07, 6.45) is 3.61. The van der Waals surface area contributed by atoms with Gasteiger partial charge < -0.3 is 26.0 Å². The van der Waals surface area contributed by atoms with Crippen molar-refractivity contribution in [2.75, 3.05) is 38.6 Å². The molecule has 0 radical (unpaired) electrons. The number of primary amides is 1. The van der Waals surface area contributed by atoms with Crippen LogP contribution in [0.3, 0.4) is 0 Å². The van der Waals surface area contributed by atoms with Gasteiger partial charge in [0.2, 0.25) is 5.91 Å². The second-order valence-corrected chi connectivity index (χ2v) is 10.3. The Morgan fingerprint density at radius 3 is 2.88 bits per heavy atom. The number of piperidine rings is 1. The van der Waals surface area contributed by atoms with Gasteiger partial charge in [-0.15, -0.1) is 0 Å². The van der Waals surface area contributed by atoms with Gasteiger partial charge in [0.25, 0.3) is 0 Å². The van der Waals surface area contributed by atoms with Gasteiger partial charge in [-0.3, -0.25) is 14.7 Å². The molecule has 1 saturated heterocycles. The maximum Gasteiger partial charge on any atom is 0.443 e. The first-order valence-electron chi connectivity index (χ1n) is 12.3. The van der Waals surface area contributed by atoms with Gasteiger partial charge in [0.1, 0.15) is 23.1 Å². The molecule has 4 atom stereocenters. The molecule has 3 aliphatic rings. The molecule has 0 aromatic heterocycles. The number of amides is 1. The Bertz CT molecular complexity index is 1310. The van der Waals surface area contributed by atoms with Crippen LogP contribution in [0.5, 0.6) is 5.75 Å². The number of halogens is 4. The van der Waals surface area contributed by atoms with E-state index in [2.05, 4.69) is 27.5 Å². The van der Waals surface area contributed by atoms with Crippen molar-refractivity contribution in [1.82, 2.24) is 15.1 Å². The zero-order chi connectivity index (χ0) is 28.9. The zero-order valence-corrected chi connectivity index (χ0v) is 22.2. The number of nitriles is 1. The molecule has 3 heterocycles. The van der Waals surface area contributed by atoms with Crippen LogP contribution in [0.1, 0.15) is 16.8 Å². The number of nitrogens with two attached hydrogens (primary N) is 1. The van der Waals surface area contributed by atoms with E-state index in [1.165, 1.54) is 36.5 Å². The largest absolute Gasteiger partial charge is 0.495 e. The first kappa shape index (κ1) is 29.1. The molecule has 1 aromatic carbocycles. The smallest absolute Gasteiger partial charge is 0.443 e. The number of nitrogens with zero attached hydrogens (tertiary/aromatic N) is 4. The van der Waals surface area contributed by atoms with E-state index in [1.54, 1.807) is 17.0 Å². The normalized spacial score (nSPS) is 25.2. The fourth-order valence-electron chi connectivity index (χ4n) is 4.59. The summed E-state index contributed by atoms with van der Waals surface area (Å²) in [7, 11) is 1.46. The predicted molar refractivity (Wildman–Crippen MR) is 144 cm³/mol. The number of nitrogens with one attached hydrogen (secondary N) is 2. The van der Waals surface area contributed by atoms with E-state index in [0.717, 1.165) is 0 Å². The number of ether oxygens (including phenoxy) is 1. The van der Waals surface area contributed by atoms with Gasteiger partial charge in [-0.05, 0) is 42.5 Å². The number of rotatable bonds is 7. The van der Waals surface area contributed by atoms with Crippen LogP contribution >= 0.6 is 11.8 Å². The highest BCUT2D eigenvalue weighted by Crippen LogP contribution is 2.44. The number of hydrogen-bond acceptors (Lipinski definition) is 8. The van der Waals surface area contributed by atoms with Crippen molar-refractivity contribution in [3.05, 3.63) is 47.9 Å². The molecule has 0 bridgehead atoms. The number of carbonyl (C=O) groups excluding carboxylic acids is 1. The molecule has 0 spiro atoms. The molecule has 4 N–H and O–H groups in total. The topological polar surface area (TPSA) is 119 Å². The van der Waals surface area contributed by atoms with Crippen molar-refractivity contribution in [3.63, 3.8) is 0 Å². The van der Waals surface area contributed by atoms with Crippen molar-refractivity contribution in [1.29, 1.82) is 5.26 Å². The molecule has 4 rings (SSSR count). The highest BCUT2D eigenvalue weighted by atomic mass is 32.2. The molecular weight excluding hydrogens is 550 g/mol. The van der Waals surface area contributed by atoms with E-state index < -0.39 is 34.9 Å². The van der Waals surface area contributed by atoms with E-state index >= 15 is 0 Å². The molecule has 40 heavy (non-hydrogen) atoms. The molecule has 9 nitrogen and oxygen atoms in total. The number of aliphatic imine (C=N–C) groups is 1. The van der Waals surface area contributed by atoms with E-state index in [-0.39, 0.29) is 42.8 Å². The lowest BCUT2D eigenvalue weighted by Gasteiger charge is -2.34. The zero-order valence-electron chi connectivity index (χ0n) is 21.4. The van der Waals surface area contributed by atoms with Crippen LogP contribution in [0.4, 0.5) is 23.2 Å². The summed E-state index contributed by atoms with van der Waals surface area (Å²) in [4.78, 5) is 19.2. The van der Waals surface area contributed by atoms with Crippen LogP contribution in [-0.4, -0.2) is 77.9 Å². The third-order valence-corrected chi connectivity index (χ3v) is 7.48. The number of benzene rings is 1. The average Bonchev–Trinajstić information content (AvgIpc) is 3.24. The minimum absolute atomic E-state index is 0.0570. The van der Waals surface area contributed by atoms with E-state index in [4.69, 9.17) is 15.7 Å². The Labute approximate surface area is 233 Å². The van der Waals surface area contributed by atoms with E-state index in [9.17, 15) is 22.4 Å². The summed E-state index contributed by atoms with van der Waals surface area (Å²) >= 11 is -0.188. The second-order valence-electron chi connectivity index (χ2n) is 9.10. The molecule has 1 aromatic rings. The quantitative estimate of drug-likeness (QED) is 0.257. The Morgan fingerprint density at radius 1 is 1.40 bits per heavy atom. The lowest BCUT2D eigenvalue weighted by Crippen LogP contribution is -2.45. The highest BCUT2D eigenvalue weighted by Gasteiger charge is 2.44. The van der Waals surface area contributed by atoms with Crippen molar-refractivity contribution in [2.45, 2.75) is 29.5 Å². The van der Waals surface area contributed by atoms with Crippen molar-refractivity contribution >= 4 is 29.2 Å². The summed E-state index contributed by atoms with van der Waals surface area (Å²) in [6.45, 7) is 0.739. The van der Waals surface area contributed by atoms with Crippen LogP contribution < -0.4 is 21.1 Å². The van der Waals surface area contributed by atoms with Gasteiger partial charge in [0.05, 0.1) is 49.6 Å². The SMILES string of the molecule is COc1ccc(C(N)=O)cc1NCC#CC1C=C2C(=N[C@@H]3CCN(CC#N)C[C@@H]3F)NC=CN2C1SC(F)(F)F. The lowest BCUT2D eigenvalue weighted by molar-refractivity contribution is -0.0341. The van der Waals surface area contributed by atoms with E-state index in [0.29, 0.717) is 30.1 Å². The molecule has 0 saturated carbocycles. The lowest BCUT2D eigenvalue weighted by atomic mass is 10.0. The third kappa shape index (κ3) is 7.00. The molecule has 1 fully saturated rings. The third-order valence-electron chi connectivity index (χ3n) is 6.45. The molecule has 2 unspecified atom stereocenters. The average molecular weight is 578 g/mol. The molecule has 212 valence electrons. The first-order valence-corrected chi connectivity index (χ1v) is 13.2. The number of carbonyl (C=O) groups is 1. The summed E-state index contributed by atoms with van der Waals surface area (Å²) in [5.74, 6) is 5.03. The number of thioether (sulfide) groups is 1. The first-order chi connectivity index (χ1) is 19.1. The molecule has 3 aliphatic heterocycles. The minimum Gasteiger partial charge on any atom is -0.495 e. The Balaban J connectivity index is 1.54.